The molecule has 0 aromatic heterocycles. The maximum Gasteiger partial charge on any atom is 0.338 e. The molecule has 1 heterocycles. The lowest BCUT2D eigenvalue weighted by Crippen LogP contribution is -2.34. The number of amides is 1. The minimum atomic E-state index is -3.82. The molecule has 1 amide bonds. The number of carbonyl (C=O) groups is 2. The van der Waals surface area contributed by atoms with Crippen LogP contribution < -0.4 is 14.8 Å². The van der Waals surface area contributed by atoms with Crippen LogP contribution in [0.25, 0.3) is 0 Å². The molecule has 1 aliphatic rings. The van der Waals surface area contributed by atoms with E-state index in [9.17, 15) is 18.0 Å². The number of carbonyl (C=O) groups excluding carboxylic acids is 2. The second kappa shape index (κ2) is 8.97. The van der Waals surface area contributed by atoms with E-state index in [4.69, 9.17) is 14.2 Å². The lowest BCUT2D eigenvalue weighted by molar-refractivity contribution is -0.124. The van der Waals surface area contributed by atoms with Crippen LogP contribution in [-0.2, 0) is 24.3 Å². The molecule has 0 aliphatic carbocycles. The summed E-state index contributed by atoms with van der Waals surface area (Å²) in [5.74, 6) is -1.18. The molecule has 1 fully saturated rings. The predicted molar refractivity (Wildman–Crippen MR) is 91.5 cm³/mol. The molecule has 144 valence electrons. The van der Waals surface area contributed by atoms with Gasteiger partial charge in [-0.25, -0.2) is 17.9 Å². The van der Waals surface area contributed by atoms with Gasteiger partial charge >= 0.3 is 5.97 Å². The molecule has 9 nitrogen and oxygen atoms in total. The van der Waals surface area contributed by atoms with E-state index in [1.54, 1.807) is 0 Å². The van der Waals surface area contributed by atoms with E-state index in [-0.39, 0.29) is 22.3 Å². The Labute approximate surface area is 152 Å². The fourth-order valence-corrected chi connectivity index (χ4v) is 3.34. The van der Waals surface area contributed by atoms with Crippen LogP contribution in [0.3, 0.4) is 0 Å². The minimum absolute atomic E-state index is 0.00782. The van der Waals surface area contributed by atoms with Crippen LogP contribution in [0.4, 0.5) is 0 Å². The number of hydrogen-bond donors (Lipinski definition) is 2. The first-order valence-corrected chi connectivity index (χ1v) is 9.52. The monoisotopic (exact) mass is 386 g/mol. The number of ether oxygens (including phenoxy) is 3. The summed E-state index contributed by atoms with van der Waals surface area (Å²) in [6, 6.07) is 3.84. The Morgan fingerprint density at radius 2 is 2.12 bits per heavy atom. The molecule has 2 rings (SSSR count). The molecule has 10 heteroatoms. The second-order valence-corrected chi connectivity index (χ2v) is 7.44. The van der Waals surface area contributed by atoms with Gasteiger partial charge in [0, 0.05) is 13.2 Å². The van der Waals surface area contributed by atoms with E-state index < -0.39 is 28.5 Å². The van der Waals surface area contributed by atoms with Crippen LogP contribution in [-0.4, -0.2) is 60.3 Å². The van der Waals surface area contributed by atoms with Gasteiger partial charge in [0.25, 0.3) is 5.91 Å². The molecule has 2 N–H and O–H groups in total. The molecular weight excluding hydrogens is 364 g/mol. The Morgan fingerprint density at radius 3 is 2.73 bits per heavy atom. The van der Waals surface area contributed by atoms with E-state index in [0.717, 1.165) is 18.9 Å². The first-order chi connectivity index (χ1) is 12.4. The van der Waals surface area contributed by atoms with Crippen LogP contribution in [0.5, 0.6) is 5.75 Å². The third-order valence-electron chi connectivity index (χ3n) is 3.84. The fourth-order valence-electron chi connectivity index (χ4n) is 2.42. The van der Waals surface area contributed by atoms with E-state index in [1.807, 2.05) is 0 Å². The number of nitrogens with one attached hydrogen (secondary N) is 2. The molecule has 1 aliphatic heterocycles. The number of esters is 1. The largest absolute Gasteiger partial charge is 0.495 e. The smallest absolute Gasteiger partial charge is 0.338 e. The van der Waals surface area contributed by atoms with Gasteiger partial charge in [0.15, 0.2) is 6.61 Å². The maximum absolute atomic E-state index is 12.1. The zero-order chi connectivity index (χ0) is 19.2. The van der Waals surface area contributed by atoms with Crippen LogP contribution in [0.1, 0.15) is 23.2 Å². The van der Waals surface area contributed by atoms with Gasteiger partial charge in [-0.15, -0.1) is 0 Å². The maximum atomic E-state index is 12.1. The summed E-state index contributed by atoms with van der Waals surface area (Å²) >= 11 is 0. The van der Waals surface area contributed by atoms with E-state index in [2.05, 4.69) is 10.0 Å². The Bertz CT molecular complexity index is 758. The fraction of sp³-hybridized carbons (Fsp3) is 0.500. The van der Waals surface area contributed by atoms with Crippen molar-refractivity contribution < 1.29 is 32.2 Å². The van der Waals surface area contributed by atoms with Crippen molar-refractivity contribution in [3.05, 3.63) is 23.8 Å². The van der Waals surface area contributed by atoms with Crippen molar-refractivity contribution in [2.75, 3.05) is 33.9 Å². The summed E-state index contributed by atoms with van der Waals surface area (Å²) < 4.78 is 41.5. The second-order valence-electron chi connectivity index (χ2n) is 5.59. The highest BCUT2D eigenvalue weighted by atomic mass is 32.2. The highest BCUT2D eigenvalue weighted by Gasteiger charge is 2.21. The van der Waals surface area contributed by atoms with Crippen molar-refractivity contribution in [2.24, 2.45) is 0 Å². The van der Waals surface area contributed by atoms with Crippen molar-refractivity contribution in [3.63, 3.8) is 0 Å². The van der Waals surface area contributed by atoms with Gasteiger partial charge in [-0.2, -0.15) is 0 Å². The average molecular weight is 386 g/mol. The summed E-state index contributed by atoms with van der Waals surface area (Å²) in [7, 11) is -1.25. The van der Waals surface area contributed by atoms with Crippen molar-refractivity contribution >= 4 is 21.9 Å². The van der Waals surface area contributed by atoms with Crippen molar-refractivity contribution in [3.8, 4) is 5.75 Å². The highest BCUT2D eigenvalue weighted by molar-refractivity contribution is 7.89. The molecule has 0 bridgehead atoms. The Balaban J connectivity index is 1.96. The predicted octanol–water partition coefficient (Wildman–Crippen LogP) is 0.0553. The summed E-state index contributed by atoms with van der Waals surface area (Å²) in [6.07, 6.45) is 1.84. The van der Waals surface area contributed by atoms with Gasteiger partial charge in [0.05, 0.1) is 18.8 Å². The van der Waals surface area contributed by atoms with Gasteiger partial charge < -0.3 is 19.5 Å². The highest BCUT2D eigenvalue weighted by Crippen LogP contribution is 2.25. The molecule has 1 aromatic rings. The summed E-state index contributed by atoms with van der Waals surface area (Å²) in [5.41, 5.74) is -0.00782. The molecule has 0 unspecified atom stereocenters. The lowest BCUT2D eigenvalue weighted by Gasteiger charge is -2.12. The van der Waals surface area contributed by atoms with Crippen LogP contribution in [0.2, 0.25) is 0 Å². The Morgan fingerprint density at radius 1 is 1.35 bits per heavy atom. The first-order valence-electron chi connectivity index (χ1n) is 8.04. The summed E-state index contributed by atoms with van der Waals surface area (Å²) in [6.45, 7) is 0.583. The third kappa shape index (κ3) is 5.16. The Hall–Kier alpha value is -2.17. The minimum Gasteiger partial charge on any atom is -0.495 e. The van der Waals surface area contributed by atoms with Gasteiger partial charge in [0.1, 0.15) is 10.6 Å². The van der Waals surface area contributed by atoms with E-state index in [0.29, 0.717) is 13.2 Å². The first kappa shape index (κ1) is 20.1. The quantitative estimate of drug-likeness (QED) is 0.606. The number of methoxy groups -OCH3 is 1. The van der Waals surface area contributed by atoms with Crippen molar-refractivity contribution in [1.29, 1.82) is 0 Å². The van der Waals surface area contributed by atoms with Crippen molar-refractivity contribution in [2.45, 2.75) is 23.8 Å². The lowest BCUT2D eigenvalue weighted by atomic mass is 10.2. The molecule has 1 aromatic carbocycles. The number of sulfonamides is 1. The molecule has 1 atom stereocenters. The zero-order valence-corrected chi connectivity index (χ0v) is 15.4. The third-order valence-corrected chi connectivity index (χ3v) is 5.28. The number of benzene rings is 1. The molecular formula is C16H22N2O7S. The molecule has 0 spiro atoms. The van der Waals surface area contributed by atoms with Crippen LogP contribution >= 0.6 is 0 Å². The summed E-state index contributed by atoms with van der Waals surface area (Å²) in [5, 5.41) is 2.63. The van der Waals surface area contributed by atoms with Gasteiger partial charge in [-0.05, 0) is 38.1 Å². The average Bonchev–Trinajstić information content (AvgIpc) is 3.17. The van der Waals surface area contributed by atoms with Crippen molar-refractivity contribution in [1.82, 2.24) is 10.0 Å². The molecule has 26 heavy (non-hydrogen) atoms. The molecule has 0 saturated carbocycles. The van der Waals surface area contributed by atoms with Gasteiger partial charge in [-0.1, -0.05) is 0 Å². The normalized spacial score (nSPS) is 16.9. The topological polar surface area (TPSA) is 120 Å². The van der Waals surface area contributed by atoms with Crippen LogP contribution in [0.15, 0.2) is 23.1 Å². The van der Waals surface area contributed by atoms with E-state index >= 15 is 0 Å². The van der Waals surface area contributed by atoms with Gasteiger partial charge in [-0.3, -0.25) is 4.79 Å². The molecule has 0 radical (unpaired) electrons. The standard InChI is InChI=1S/C16H22N2O7S/c1-17-26(21,22)14-8-11(5-6-13(14)23-2)16(20)25-10-15(19)18-9-12-4-3-7-24-12/h5-6,8,12,17H,3-4,7,9-10H2,1-2H3,(H,18,19)/t12-/m1/s1. The summed E-state index contributed by atoms with van der Waals surface area (Å²) in [4.78, 5) is 23.6. The number of hydrogen-bond acceptors (Lipinski definition) is 7. The zero-order valence-electron chi connectivity index (χ0n) is 14.6. The SMILES string of the molecule is CNS(=O)(=O)c1cc(C(=O)OCC(=O)NC[C@H]2CCCO2)ccc1OC. The molecule has 1 saturated heterocycles. The van der Waals surface area contributed by atoms with E-state index in [1.165, 1.54) is 26.3 Å². The van der Waals surface area contributed by atoms with Crippen LogP contribution in [0, 0.1) is 0 Å². The number of rotatable bonds is 8. The Kier molecular flexibility index (Phi) is 6.95. The van der Waals surface area contributed by atoms with Gasteiger partial charge in [0.2, 0.25) is 10.0 Å².